The van der Waals surface area contributed by atoms with Gasteiger partial charge in [-0.3, -0.25) is 14.5 Å². The van der Waals surface area contributed by atoms with Gasteiger partial charge in [0, 0.05) is 39.1 Å². The molecule has 0 radical (unpaired) electrons. The summed E-state index contributed by atoms with van der Waals surface area (Å²) >= 11 is 0. The van der Waals surface area contributed by atoms with E-state index in [0.717, 1.165) is 30.8 Å². The molecule has 1 atom stereocenters. The molecular formula is C27H31N3O5. The molecule has 1 aromatic heterocycles. The maximum Gasteiger partial charge on any atom is 0.287 e. The Balaban J connectivity index is 1.38. The lowest BCUT2D eigenvalue weighted by Crippen LogP contribution is -2.55. The van der Waals surface area contributed by atoms with Crippen LogP contribution in [0.2, 0.25) is 0 Å². The molecule has 1 aliphatic heterocycles. The smallest absolute Gasteiger partial charge is 0.287 e. The number of amides is 2. The lowest BCUT2D eigenvalue weighted by atomic mass is 10.0. The number of carbonyl (C=O) groups excluding carboxylic acids is 2. The second-order valence-corrected chi connectivity index (χ2v) is 8.48. The van der Waals surface area contributed by atoms with E-state index in [4.69, 9.17) is 13.9 Å². The molecule has 8 heteroatoms. The molecule has 2 amide bonds. The molecule has 1 N–H and O–H groups in total. The molecule has 0 spiro atoms. The lowest BCUT2D eigenvalue weighted by molar-refractivity contribution is -0.135. The molecule has 0 unspecified atom stereocenters. The molecule has 3 aromatic rings. The van der Waals surface area contributed by atoms with Crippen molar-refractivity contribution in [3.05, 3.63) is 83.8 Å². The highest BCUT2D eigenvalue weighted by Crippen LogP contribution is 2.28. The first kappa shape index (κ1) is 24.3. The van der Waals surface area contributed by atoms with Crippen LogP contribution in [0.25, 0.3) is 0 Å². The van der Waals surface area contributed by atoms with E-state index in [9.17, 15) is 9.59 Å². The van der Waals surface area contributed by atoms with Gasteiger partial charge in [-0.05, 0) is 35.4 Å². The van der Waals surface area contributed by atoms with Gasteiger partial charge in [0.2, 0.25) is 5.91 Å². The van der Waals surface area contributed by atoms with Gasteiger partial charge in [-0.15, -0.1) is 0 Å². The summed E-state index contributed by atoms with van der Waals surface area (Å²) in [6.45, 7) is 3.42. The van der Waals surface area contributed by atoms with Gasteiger partial charge in [-0.25, -0.2) is 0 Å². The largest absolute Gasteiger partial charge is 0.493 e. The van der Waals surface area contributed by atoms with Gasteiger partial charge in [-0.1, -0.05) is 36.4 Å². The number of nitrogens with zero attached hydrogens (tertiary/aromatic N) is 2. The van der Waals surface area contributed by atoms with Crippen LogP contribution in [0.3, 0.4) is 0 Å². The van der Waals surface area contributed by atoms with E-state index in [1.54, 1.807) is 26.4 Å². The van der Waals surface area contributed by atoms with Crippen LogP contribution >= 0.6 is 0 Å². The molecule has 2 heterocycles. The molecule has 35 heavy (non-hydrogen) atoms. The van der Waals surface area contributed by atoms with Gasteiger partial charge < -0.3 is 24.1 Å². The van der Waals surface area contributed by atoms with E-state index in [0.29, 0.717) is 31.0 Å². The summed E-state index contributed by atoms with van der Waals surface area (Å²) in [7, 11) is 3.25. The molecule has 2 aromatic carbocycles. The van der Waals surface area contributed by atoms with Crippen LogP contribution in [-0.2, 0) is 17.8 Å². The second kappa shape index (κ2) is 11.6. The minimum Gasteiger partial charge on any atom is -0.493 e. The second-order valence-electron chi connectivity index (χ2n) is 8.48. The summed E-state index contributed by atoms with van der Waals surface area (Å²) in [6, 6.07) is 18.2. The Morgan fingerprint density at radius 1 is 0.914 bits per heavy atom. The molecular weight excluding hydrogens is 446 g/mol. The zero-order valence-corrected chi connectivity index (χ0v) is 20.1. The number of nitrogens with one attached hydrogen (secondary N) is 1. The quantitative estimate of drug-likeness (QED) is 0.510. The molecule has 1 saturated heterocycles. The van der Waals surface area contributed by atoms with Gasteiger partial charge in [0.25, 0.3) is 5.91 Å². The van der Waals surface area contributed by atoms with Crippen molar-refractivity contribution in [3.63, 3.8) is 0 Å². The van der Waals surface area contributed by atoms with Crippen LogP contribution < -0.4 is 14.8 Å². The third kappa shape index (κ3) is 6.22. The topological polar surface area (TPSA) is 84.3 Å². The van der Waals surface area contributed by atoms with E-state index in [1.165, 1.54) is 6.26 Å². The van der Waals surface area contributed by atoms with Crippen LogP contribution in [0.5, 0.6) is 11.5 Å². The van der Waals surface area contributed by atoms with E-state index in [-0.39, 0.29) is 11.7 Å². The monoisotopic (exact) mass is 477 g/mol. The number of carbonyl (C=O) groups is 2. The van der Waals surface area contributed by atoms with Crippen molar-refractivity contribution in [2.24, 2.45) is 0 Å². The minimum atomic E-state index is -0.674. The Morgan fingerprint density at radius 2 is 1.66 bits per heavy atom. The van der Waals surface area contributed by atoms with Crippen LogP contribution in [0.4, 0.5) is 0 Å². The Kier molecular flexibility index (Phi) is 8.05. The average molecular weight is 478 g/mol. The molecule has 1 fully saturated rings. The normalized spacial score (nSPS) is 14.9. The number of piperazine rings is 1. The van der Waals surface area contributed by atoms with Crippen LogP contribution in [-0.4, -0.2) is 68.1 Å². The summed E-state index contributed by atoms with van der Waals surface area (Å²) in [5.41, 5.74) is 2.10. The fraction of sp³-hybridized carbons (Fsp3) is 0.333. The SMILES string of the molecule is COc1ccc(CN2CCN(C(=O)[C@H](Cc3ccccc3)NC(=O)c3ccco3)CC2)cc1OC. The predicted molar refractivity (Wildman–Crippen MR) is 132 cm³/mol. The molecule has 0 aliphatic carbocycles. The maximum atomic E-state index is 13.5. The highest BCUT2D eigenvalue weighted by atomic mass is 16.5. The lowest BCUT2D eigenvalue weighted by Gasteiger charge is -2.36. The predicted octanol–water partition coefficient (Wildman–Crippen LogP) is 2.98. The van der Waals surface area contributed by atoms with Crippen molar-refractivity contribution in [1.29, 1.82) is 0 Å². The molecule has 1 aliphatic rings. The summed E-state index contributed by atoms with van der Waals surface area (Å²) in [5, 5.41) is 2.88. The number of rotatable bonds is 9. The zero-order chi connectivity index (χ0) is 24.6. The molecule has 184 valence electrons. The Hall–Kier alpha value is -3.78. The van der Waals surface area contributed by atoms with Crippen LogP contribution in [0, 0.1) is 0 Å². The number of hydrogen-bond acceptors (Lipinski definition) is 6. The Morgan fingerprint density at radius 3 is 2.31 bits per heavy atom. The molecule has 0 saturated carbocycles. The van der Waals surface area contributed by atoms with Crippen molar-refractivity contribution in [1.82, 2.24) is 15.1 Å². The number of furan rings is 1. The van der Waals surface area contributed by atoms with Gasteiger partial charge in [-0.2, -0.15) is 0 Å². The first-order valence-corrected chi connectivity index (χ1v) is 11.7. The van der Waals surface area contributed by atoms with E-state index < -0.39 is 11.9 Å². The summed E-state index contributed by atoms with van der Waals surface area (Å²) < 4.78 is 15.9. The average Bonchev–Trinajstić information content (AvgIpc) is 3.44. The van der Waals surface area contributed by atoms with E-state index >= 15 is 0 Å². The number of hydrogen-bond donors (Lipinski definition) is 1. The maximum absolute atomic E-state index is 13.5. The molecule has 4 rings (SSSR count). The standard InChI is InChI=1S/C27H31N3O5/c1-33-23-11-10-21(18-25(23)34-2)19-29-12-14-30(15-13-29)27(32)22(17-20-7-4-3-5-8-20)28-26(31)24-9-6-16-35-24/h3-11,16,18,22H,12-15,17,19H2,1-2H3,(H,28,31)/t22-/m0/s1. The van der Waals surface area contributed by atoms with Gasteiger partial charge >= 0.3 is 0 Å². The van der Waals surface area contributed by atoms with Crippen molar-refractivity contribution in [2.75, 3.05) is 40.4 Å². The van der Waals surface area contributed by atoms with Gasteiger partial charge in [0.05, 0.1) is 20.5 Å². The fourth-order valence-electron chi connectivity index (χ4n) is 4.27. The third-order valence-corrected chi connectivity index (χ3v) is 6.17. The van der Waals surface area contributed by atoms with Crippen molar-refractivity contribution in [2.45, 2.75) is 19.0 Å². The Labute approximate surface area is 205 Å². The minimum absolute atomic E-state index is 0.0838. The van der Waals surface area contributed by atoms with Crippen LogP contribution in [0.1, 0.15) is 21.7 Å². The highest BCUT2D eigenvalue weighted by Gasteiger charge is 2.29. The molecule has 8 nitrogen and oxygen atoms in total. The third-order valence-electron chi connectivity index (χ3n) is 6.17. The first-order valence-electron chi connectivity index (χ1n) is 11.7. The summed E-state index contributed by atoms with van der Waals surface area (Å²) in [4.78, 5) is 30.2. The zero-order valence-electron chi connectivity index (χ0n) is 20.1. The number of benzene rings is 2. The van der Waals surface area contributed by atoms with Crippen molar-refractivity contribution < 1.29 is 23.5 Å². The number of methoxy groups -OCH3 is 2. The van der Waals surface area contributed by atoms with Crippen molar-refractivity contribution in [3.8, 4) is 11.5 Å². The Bertz CT molecular complexity index is 1110. The fourth-order valence-corrected chi connectivity index (χ4v) is 4.27. The number of ether oxygens (including phenoxy) is 2. The summed E-state index contributed by atoms with van der Waals surface area (Å²) in [6.07, 6.45) is 1.86. The van der Waals surface area contributed by atoms with Gasteiger partial charge in [0.1, 0.15) is 6.04 Å². The van der Waals surface area contributed by atoms with E-state index in [1.807, 2.05) is 53.4 Å². The first-order chi connectivity index (χ1) is 17.1. The van der Waals surface area contributed by atoms with Crippen molar-refractivity contribution >= 4 is 11.8 Å². The highest BCUT2D eigenvalue weighted by molar-refractivity contribution is 5.95. The van der Waals surface area contributed by atoms with E-state index in [2.05, 4.69) is 10.2 Å². The van der Waals surface area contributed by atoms with Crippen LogP contribution in [0.15, 0.2) is 71.3 Å². The molecule has 0 bridgehead atoms. The van der Waals surface area contributed by atoms with Gasteiger partial charge in [0.15, 0.2) is 17.3 Å². The summed E-state index contributed by atoms with van der Waals surface area (Å²) in [5.74, 6) is 1.12.